The van der Waals surface area contributed by atoms with Crippen molar-refractivity contribution in [2.75, 3.05) is 0 Å². The van der Waals surface area contributed by atoms with E-state index in [4.69, 9.17) is 9.97 Å². The van der Waals surface area contributed by atoms with Crippen molar-refractivity contribution in [1.82, 2.24) is 14.5 Å². The summed E-state index contributed by atoms with van der Waals surface area (Å²) in [7, 11) is 0. The van der Waals surface area contributed by atoms with Gasteiger partial charge in [0.05, 0.1) is 22.4 Å². The highest BCUT2D eigenvalue weighted by Gasteiger charge is 2.37. The quantitative estimate of drug-likeness (QED) is 0.229. The van der Waals surface area contributed by atoms with Gasteiger partial charge in [0.15, 0.2) is 0 Å². The van der Waals surface area contributed by atoms with Crippen molar-refractivity contribution in [3.05, 3.63) is 144 Å². The van der Waals surface area contributed by atoms with Crippen molar-refractivity contribution in [2.24, 2.45) is 0 Å². The van der Waals surface area contributed by atoms with E-state index in [0.29, 0.717) is 0 Å². The molecule has 198 valence electrons. The van der Waals surface area contributed by atoms with Gasteiger partial charge in [0, 0.05) is 39.7 Å². The van der Waals surface area contributed by atoms with Crippen LogP contribution in [0.25, 0.3) is 44.2 Å². The maximum absolute atomic E-state index is 4.83. The van der Waals surface area contributed by atoms with E-state index in [1.807, 2.05) is 24.5 Å². The molecule has 0 saturated carbocycles. The van der Waals surface area contributed by atoms with Crippen LogP contribution in [-0.2, 0) is 10.8 Å². The zero-order chi connectivity index (χ0) is 27.8. The maximum Gasteiger partial charge on any atom is 0.0662 e. The number of allylic oxidation sites excluding steroid dienone is 4. The summed E-state index contributed by atoms with van der Waals surface area (Å²) in [6, 6.07) is 35.0. The predicted octanol–water partition coefficient (Wildman–Crippen LogP) is 9.18. The third-order valence-corrected chi connectivity index (χ3v) is 9.22. The molecule has 0 fully saturated rings. The van der Waals surface area contributed by atoms with E-state index in [-0.39, 0.29) is 10.8 Å². The standard InChI is InChI=1S/C38H31N3/c1-37(2)31-14-6-4-12-27(31)29-21-30-28-13-5-7-16-34(28)41(35(30)22-32(29)37)26-20-25(33-15-8-10-18-39-33)23-38(3,24-26)36-17-9-11-19-40-36/h4-22,24H,23H2,1-3H3. The third-order valence-electron chi connectivity index (χ3n) is 9.22. The molecule has 1 atom stereocenters. The molecule has 1 unspecified atom stereocenters. The maximum atomic E-state index is 4.83. The number of rotatable bonds is 3. The minimum Gasteiger partial charge on any atom is -0.310 e. The Morgan fingerprint density at radius 1 is 0.659 bits per heavy atom. The lowest BCUT2D eigenvalue weighted by Gasteiger charge is -2.32. The lowest BCUT2D eigenvalue weighted by Crippen LogP contribution is -2.25. The molecule has 8 rings (SSSR count). The topological polar surface area (TPSA) is 30.7 Å². The summed E-state index contributed by atoms with van der Waals surface area (Å²) in [6.45, 7) is 7.01. The Kier molecular flexibility index (Phi) is 5.06. The second-order valence-corrected chi connectivity index (χ2v) is 12.2. The van der Waals surface area contributed by atoms with Crippen LogP contribution in [0.5, 0.6) is 0 Å². The number of hydrogen-bond acceptors (Lipinski definition) is 2. The van der Waals surface area contributed by atoms with E-state index >= 15 is 0 Å². The molecule has 3 aromatic carbocycles. The second-order valence-electron chi connectivity index (χ2n) is 12.2. The Morgan fingerprint density at radius 3 is 2.22 bits per heavy atom. The zero-order valence-electron chi connectivity index (χ0n) is 23.6. The molecular weight excluding hydrogens is 498 g/mol. The fourth-order valence-corrected chi connectivity index (χ4v) is 7.20. The number of pyridine rings is 2. The van der Waals surface area contributed by atoms with Crippen molar-refractivity contribution in [3.8, 4) is 11.1 Å². The number of para-hydroxylation sites is 1. The number of benzene rings is 3. The van der Waals surface area contributed by atoms with Crippen LogP contribution in [0.15, 0.2) is 122 Å². The summed E-state index contributed by atoms with van der Waals surface area (Å²) in [5, 5.41) is 2.55. The van der Waals surface area contributed by atoms with Crippen molar-refractivity contribution in [2.45, 2.75) is 38.0 Å². The first-order chi connectivity index (χ1) is 19.9. The Bertz CT molecular complexity index is 2040. The Labute approximate surface area is 240 Å². The summed E-state index contributed by atoms with van der Waals surface area (Å²) in [6.07, 6.45) is 9.37. The van der Waals surface area contributed by atoms with E-state index in [1.165, 1.54) is 49.6 Å². The minimum absolute atomic E-state index is 0.0697. The van der Waals surface area contributed by atoms with Crippen molar-refractivity contribution >= 4 is 33.1 Å². The lowest BCUT2D eigenvalue weighted by atomic mass is 9.75. The monoisotopic (exact) mass is 529 g/mol. The third kappa shape index (κ3) is 3.52. The van der Waals surface area contributed by atoms with E-state index in [9.17, 15) is 0 Å². The fourth-order valence-electron chi connectivity index (χ4n) is 7.20. The molecule has 0 bridgehead atoms. The van der Waals surface area contributed by atoms with Gasteiger partial charge >= 0.3 is 0 Å². The molecule has 2 aliphatic carbocycles. The predicted molar refractivity (Wildman–Crippen MR) is 170 cm³/mol. The van der Waals surface area contributed by atoms with Crippen LogP contribution in [-0.4, -0.2) is 14.5 Å². The highest BCUT2D eigenvalue weighted by Crippen LogP contribution is 2.51. The largest absolute Gasteiger partial charge is 0.310 e. The molecular formula is C38H31N3. The molecule has 0 saturated heterocycles. The second kappa shape index (κ2) is 8.62. The van der Waals surface area contributed by atoms with Crippen LogP contribution in [0.1, 0.15) is 49.7 Å². The summed E-state index contributed by atoms with van der Waals surface area (Å²) in [5.41, 5.74) is 12.0. The van der Waals surface area contributed by atoms with Crippen LogP contribution in [0, 0.1) is 0 Å². The average molecular weight is 530 g/mol. The Hall–Kier alpha value is -4.76. The molecule has 0 radical (unpaired) electrons. The molecule has 3 aromatic heterocycles. The highest BCUT2D eigenvalue weighted by molar-refractivity contribution is 6.13. The Morgan fingerprint density at radius 2 is 1.41 bits per heavy atom. The smallest absolute Gasteiger partial charge is 0.0662 e. The first-order valence-electron chi connectivity index (χ1n) is 14.4. The number of nitrogens with zero attached hydrogens (tertiary/aromatic N) is 3. The lowest BCUT2D eigenvalue weighted by molar-refractivity contribution is 0.587. The van der Waals surface area contributed by atoms with Gasteiger partial charge in [-0.1, -0.05) is 75.4 Å². The van der Waals surface area contributed by atoms with Gasteiger partial charge in [-0.05, 0) is 88.9 Å². The molecule has 41 heavy (non-hydrogen) atoms. The molecule has 0 spiro atoms. The van der Waals surface area contributed by atoms with E-state index in [1.54, 1.807) is 0 Å². The van der Waals surface area contributed by atoms with Crippen LogP contribution < -0.4 is 0 Å². The SMILES string of the molecule is CC1(c2ccccn2)C=C(n2c3ccccc3c3cc4c(cc32)C(C)(C)c2ccccc2-4)C=C(c2ccccn2)C1. The van der Waals surface area contributed by atoms with Gasteiger partial charge in [0.1, 0.15) is 0 Å². The van der Waals surface area contributed by atoms with Gasteiger partial charge in [-0.15, -0.1) is 0 Å². The van der Waals surface area contributed by atoms with Gasteiger partial charge in [0.2, 0.25) is 0 Å². The molecule has 0 amide bonds. The van der Waals surface area contributed by atoms with Crippen LogP contribution in [0.4, 0.5) is 0 Å². The minimum atomic E-state index is -0.290. The normalized spacial score (nSPS) is 19.1. The molecule has 3 nitrogen and oxygen atoms in total. The van der Waals surface area contributed by atoms with E-state index in [0.717, 1.165) is 23.5 Å². The van der Waals surface area contributed by atoms with Crippen LogP contribution >= 0.6 is 0 Å². The summed E-state index contributed by atoms with van der Waals surface area (Å²) < 4.78 is 2.47. The van der Waals surface area contributed by atoms with E-state index < -0.39 is 0 Å². The first-order valence-corrected chi connectivity index (χ1v) is 14.4. The van der Waals surface area contributed by atoms with Crippen LogP contribution in [0.3, 0.4) is 0 Å². The van der Waals surface area contributed by atoms with Crippen molar-refractivity contribution < 1.29 is 0 Å². The number of fused-ring (bicyclic) bond motifs is 6. The van der Waals surface area contributed by atoms with Crippen molar-refractivity contribution in [3.63, 3.8) is 0 Å². The molecule has 6 aromatic rings. The molecule has 3 heterocycles. The first kappa shape index (κ1) is 24.1. The number of hydrogen-bond donors (Lipinski definition) is 0. The van der Waals surface area contributed by atoms with Gasteiger partial charge in [-0.2, -0.15) is 0 Å². The molecule has 3 heteroatoms. The molecule has 0 N–H and O–H groups in total. The van der Waals surface area contributed by atoms with E-state index in [2.05, 4.69) is 122 Å². The fraction of sp³-hybridized carbons (Fsp3) is 0.158. The molecule has 0 aliphatic heterocycles. The van der Waals surface area contributed by atoms with Gasteiger partial charge in [-0.3, -0.25) is 9.97 Å². The van der Waals surface area contributed by atoms with Gasteiger partial charge in [0.25, 0.3) is 0 Å². The molecule has 2 aliphatic rings. The Balaban J connectivity index is 1.44. The highest BCUT2D eigenvalue weighted by atomic mass is 15.0. The average Bonchev–Trinajstić information content (AvgIpc) is 3.45. The van der Waals surface area contributed by atoms with Gasteiger partial charge in [-0.25, -0.2) is 0 Å². The zero-order valence-corrected chi connectivity index (χ0v) is 23.6. The summed E-state index contributed by atoms with van der Waals surface area (Å²) in [4.78, 5) is 9.60. The number of aromatic nitrogens is 3. The summed E-state index contributed by atoms with van der Waals surface area (Å²) in [5.74, 6) is 0. The van der Waals surface area contributed by atoms with Crippen molar-refractivity contribution in [1.29, 1.82) is 0 Å². The van der Waals surface area contributed by atoms with Gasteiger partial charge < -0.3 is 4.57 Å². The summed E-state index contributed by atoms with van der Waals surface area (Å²) >= 11 is 0. The van der Waals surface area contributed by atoms with Crippen LogP contribution in [0.2, 0.25) is 0 Å².